The molecule has 0 aromatic heterocycles. The fraction of sp³-hybridized carbons (Fsp3) is 1.00. The molecule has 1 saturated carbocycles. The summed E-state index contributed by atoms with van der Waals surface area (Å²) >= 11 is 0. The fourth-order valence-corrected chi connectivity index (χ4v) is 6.57. The summed E-state index contributed by atoms with van der Waals surface area (Å²) < 4.78 is 34.8. The topological polar surface area (TPSA) is 318 Å². The van der Waals surface area contributed by atoms with Crippen LogP contribution in [0.25, 0.3) is 0 Å². The quantitative estimate of drug-likeness (QED) is 0.0957. The number of hydrogen-bond donors (Lipinski definition) is 13. The van der Waals surface area contributed by atoms with Crippen LogP contribution in [0.15, 0.2) is 0 Å². The minimum atomic E-state index is -1.93. The standard InChI is InChI=1S/C28H50O19/c1-8(2)23-26(25(18(37)12(6-31)43-23)42-10-3-9(4-29)14(33)19(38)15(10)34)47-28-22(41)24(17(36)13(7-32)45-28)46-27-21(40)20(39)16(35)11(5-30)44-27/h8-41H,3-7H2,1-2H3/t9-,10-,11-,12-,13-,14-,15+,16-,17-,18-,19+,20+,21-,22-,23+,24+,25+,26+,27+,28+/m1/s1. The summed E-state index contributed by atoms with van der Waals surface area (Å²) in [4.78, 5) is 0. The third-order valence-electron chi connectivity index (χ3n) is 9.45. The molecule has 19 heteroatoms. The molecule has 47 heavy (non-hydrogen) atoms. The lowest BCUT2D eigenvalue weighted by atomic mass is 9.80. The molecule has 13 N–H and O–H groups in total. The highest BCUT2D eigenvalue weighted by molar-refractivity contribution is 5.01. The lowest BCUT2D eigenvalue weighted by Gasteiger charge is -2.51. The number of rotatable bonds is 11. The van der Waals surface area contributed by atoms with Crippen LogP contribution >= 0.6 is 0 Å². The molecule has 0 aromatic rings. The average molecular weight is 691 g/mol. The maximum atomic E-state index is 11.3. The number of hydrogen-bond acceptors (Lipinski definition) is 19. The van der Waals surface area contributed by atoms with Gasteiger partial charge in [-0.25, -0.2) is 0 Å². The Kier molecular flexibility index (Phi) is 13.7. The van der Waals surface area contributed by atoms with E-state index in [9.17, 15) is 66.4 Å². The van der Waals surface area contributed by atoms with Gasteiger partial charge in [-0.3, -0.25) is 0 Å². The van der Waals surface area contributed by atoms with Gasteiger partial charge < -0.3 is 94.8 Å². The molecule has 1 aliphatic carbocycles. The van der Waals surface area contributed by atoms with Crippen molar-refractivity contribution < 1.29 is 94.8 Å². The van der Waals surface area contributed by atoms with Gasteiger partial charge in [-0.15, -0.1) is 0 Å². The molecule has 3 heterocycles. The Morgan fingerprint density at radius 1 is 0.489 bits per heavy atom. The van der Waals surface area contributed by atoms with E-state index in [0.717, 1.165) is 0 Å². The molecule has 3 saturated heterocycles. The molecular weight excluding hydrogens is 640 g/mol. The van der Waals surface area contributed by atoms with Gasteiger partial charge in [0, 0.05) is 12.5 Å². The van der Waals surface area contributed by atoms with E-state index < -0.39 is 155 Å². The van der Waals surface area contributed by atoms with Gasteiger partial charge in [0.1, 0.15) is 85.5 Å². The maximum absolute atomic E-state index is 11.3. The van der Waals surface area contributed by atoms with E-state index >= 15 is 0 Å². The molecule has 4 fully saturated rings. The maximum Gasteiger partial charge on any atom is 0.187 e. The average Bonchev–Trinajstić information content (AvgIpc) is 3.05. The minimum Gasteiger partial charge on any atom is -0.396 e. The second kappa shape index (κ2) is 16.5. The Bertz CT molecular complexity index is 959. The van der Waals surface area contributed by atoms with E-state index in [4.69, 9.17) is 28.4 Å². The minimum absolute atomic E-state index is 0.154. The van der Waals surface area contributed by atoms with Crippen molar-refractivity contribution in [1.82, 2.24) is 0 Å². The van der Waals surface area contributed by atoms with Gasteiger partial charge in [0.2, 0.25) is 0 Å². The van der Waals surface area contributed by atoms with Gasteiger partial charge in [-0.1, -0.05) is 13.8 Å². The Morgan fingerprint density at radius 2 is 0.979 bits per heavy atom. The summed E-state index contributed by atoms with van der Waals surface area (Å²) in [5.74, 6) is -1.32. The molecular formula is C28H50O19. The second-order valence-electron chi connectivity index (χ2n) is 13.0. The van der Waals surface area contributed by atoms with Crippen molar-refractivity contribution in [3.05, 3.63) is 0 Å². The highest BCUT2D eigenvalue weighted by Crippen LogP contribution is 2.37. The zero-order valence-corrected chi connectivity index (χ0v) is 25.9. The monoisotopic (exact) mass is 690 g/mol. The predicted octanol–water partition coefficient (Wildman–Crippen LogP) is -7.38. The van der Waals surface area contributed by atoms with Crippen LogP contribution in [-0.4, -0.2) is 209 Å². The molecule has 0 amide bonds. The Balaban J connectivity index is 1.62. The van der Waals surface area contributed by atoms with Crippen LogP contribution < -0.4 is 0 Å². The van der Waals surface area contributed by atoms with Crippen LogP contribution in [0.5, 0.6) is 0 Å². The molecule has 0 aromatic carbocycles. The molecule has 276 valence electrons. The number of aliphatic hydroxyl groups is 13. The SMILES string of the molecule is CC(C)[C@@H]1O[C@H](CO)[C@@H](O)[C@H](O[C@@H]2C[C@H](CO)[C@@H](O)[C@H](O)[C@H]2O)[C@H]1O[C@@H]1O[C@H](CO)[C@@H](O)[C@H](O[C@@H]2O[C@H](CO)[C@@H](O)[C@H](O)[C@H]2O)[C@H]1O. The van der Waals surface area contributed by atoms with E-state index in [1.54, 1.807) is 13.8 Å². The summed E-state index contributed by atoms with van der Waals surface area (Å²) in [6.45, 7) is 0.592. The van der Waals surface area contributed by atoms with Gasteiger partial charge in [-0.05, 0) is 12.3 Å². The predicted molar refractivity (Wildman–Crippen MR) is 150 cm³/mol. The zero-order chi connectivity index (χ0) is 34.9. The van der Waals surface area contributed by atoms with Gasteiger partial charge in [-0.2, -0.15) is 0 Å². The van der Waals surface area contributed by atoms with Crippen molar-refractivity contribution in [1.29, 1.82) is 0 Å². The third kappa shape index (κ3) is 7.94. The van der Waals surface area contributed by atoms with E-state index in [1.807, 2.05) is 0 Å². The first-order chi connectivity index (χ1) is 22.2. The van der Waals surface area contributed by atoms with E-state index in [2.05, 4.69) is 0 Å². The molecule has 3 aliphatic heterocycles. The van der Waals surface area contributed by atoms with Crippen LogP contribution in [0.1, 0.15) is 20.3 Å². The van der Waals surface area contributed by atoms with Crippen molar-refractivity contribution >= 4 is 0 Å². The summed E-state index contributed by atoms with van der Waals surface area (Å²) in [5.41, 5.74) is 0. The summed E-state index contributed by atoms with van der Waals surface area (Å²) in [6.07, 6.45) is -30.3. The normalized spacial score (nSPS) is 51.3. The zero-order valence-electron chi connectivity index (χ0n) is 25.9. The molecule has 4 rings (SSSR count). The van der Waals surface area contributed by atoms with Crippen LogP contribution in [-0.2, 0) is 28.4 Å². The Hall–Kier alpha value is -0.760. The molecule has 20 atom stereocenters. The van der Waals surface area contributed by atoms with Gasteiger partial charge in [0.15, 0.2) is 12.6 Å². The second-order valence-corrected chi connectivity index (χ2v) is 13.0. The lowest BCUT2D eigenvalue weighted by Crippen LogP contribution is -2.68. The third-order valence-corrected chi connectivity index (χ3v) is 9.45. The van der Waals surface area contributed by atoms with Gasteiger partial charge >= 0.3 is 0 Å². The Labute approximate surface area is 270 Å². The van der Waals surface area contributed by atoms with Crippen LogP contribution in [0, 0.1) is 11.8 Å². The van der Waals surface area contributed by atoms with Crippen molar-refractivity contribution in [3.63, 3.8) is 0 Å². The van der Waals surface area contributed by atoms with E-state index in [1.165, 1.54) is 0 Å². The summed E-state index contributed by atoms with van der Waals surface area (Å²) in [5, 5.41) is 135. The molecule has 19 nitrogen and oxygen atoms in total. The molecule has 0 unspecified atom stereocenters. The highest BCUT2D eigenvalue weighted by Gasteiger charge is 2.55. The van der Waals surface area contributed by atoms with Crippen molar-refractivity contribution in [3.8, 4) is 0 Å². The van der Waals surface area contributed by atoms with Crippen molar-refractivity contribution in [2.45, 2.75) is 137 Å². The highest BCUT2D eigenvalue weighted by atomic mass is 16.7. The first-order valence-electron chi connectivity index (χ1n) is 15.7. The van der Waals surface area contributed by atoms with E-state index in [-0.39, 0.29) is 6.42 Å². The van der Waals surface area contributed by atoms with Gasteiger partial charge in [0.25, 0.3) is 0 Å². The first-order valence-corrected chi connectivity index (χ1v) is 15.7. The molecule has 0 spiro atoms. The van der Waals surface area contributed by atoms with Crippen LogP contribution in [0.3, 0.4) is 0 Å². The van der Waals surface area contributed by atoms with Gasteiger partial charge in [0.05, 0.1) is 38.1 Å². The summed E-state index contributed by atoms with van der Waals surface area (Å²) in [7, 11) is 0. The van der Waals surface area contributed by atoms with Crippen molar-refractivity contribution in [2.75, 3.05) is 26.4 Å². The molecule has 0 bridgehead atoms. The van der Waals surface area contributed by atoms with Crippen molar-refractivity contribution in [2.24, 2.45) is 11.8 Å². The molecule has 0 radical (unpaired) electrons. The van der Waals surface area contributed by atoms with E-state index in [0.29, 0.717) is 0 Å². The van der Waals surface area contributed by atoms with Crippen LogP contribution in [0.2, 0.25) is 0 Å². The lowest BCUT2D eigenvalue weighted by molar-refractivity contribution is -0.378. The number of ether oxygens (including phenoxy) is 6. The summed E-state index contributed by atoms with van der Waals surface area (Å²) in [6, 6.07) is 0. The largest absolute Gasteiger partial charge is 0.396 e. The number of aliphatic hydroxyl groups excluding tert-OH is 13. The fourth-order valence-electron chi connectivity index (χ4n) is 6.57. The Morgan fingerprint density at radius 3 is 1.53 bits per heavy atom. The molecule has 4 aliphatic rings. The smallest absolute Gasteiger partial charge is 0.187 e. The first kappa shape index (κ1) is 39.0. The van der Waals surface area contributed by atoms with Crippen LogP contribution in [0.4, 0.5) is 0 Å².